The number of benzene rings is 1. The van der Waals surface area contributed by atoms with E-state index in [1.807, 2.05) is 38.1 Å². The number of nitrogens with two attached hydrogens (primary N) is 1. The summed E-state index contributed by atoms with van der Waals surface area (Å²) >= 11 is 0. The highest BCUT2D eigenvalue weighted by atomic mass is 16.3. The molecule has 0 aliphatic heterocycles. The molecular formula is C33H54N8O7. The first-order valence-electron chi connectivity index (χ1n) is 16.5. The first-order chi connectivity index (χ1) is 22.7. The molecule has 1 aromatic heterocycles. The summed E-state index contributed by atoms with van der Waals surface area (Å²) < 4.78 is 0. The van der Waals surface area contributed by atoms with E-state index in [1.54, 1.807) is 20.0 Å². The van der Waals surface area contributed by atoms with Gasteiger partial charge in [-0.3, -0.25) is 24.0 Å². The third-order valence-electron chi connectivity index (χ3n) is 7.90. The van der Waals surface area contributed by atoms with Gasteiger partial charge in [-0.1, -0.05) is 52.3 Å². The molecule has 11 N–H and O–H groups in total. The van der Waals surface area contributed by atoms with E-state index in [1.165, 1.54) is 14.0 Å². The molecule has 0 aliphatic rings. The summed E-state index contributed by atoms with van der Waals surface area (Å²) in [5.41, 5.74) is 7.23. The highest BCUT2D eigenvalue weighted by molar-refractivity contribution is 5.96. The van der Waals surface area contributed by atoms with Crippen LogP contribution in [-0.2, 0) is 30.4 Å². The molecular weight excluding hydrogens is 620 g/mol. The summed E-state index contributed by atoms with van der Waals surface area (Å²) in [5.74, 6) is -3.84. The molecule has 0 spiro atoms. The lowest BCUT2D eigenvalue weighted by Gasteiger charge is -2.29. The Morgan fingerprint density at radius 2 is 1.40 bits per heavy atom. The van der Waals surface area contributed by atoms with Gasteiger partial charge in [0.05, 0.1) is 18.8 Å². The number of unbranched alkanes of at least 4 members (excludes halogenated alkanes) is 1. The van der Waals surface area contributed by atoms with Crippen molar-refractivity contribution in [2.24, 2.45) is 11.7 Å². The zero-order valence-corrected chi connectivity index (χ0v) is 28.8. The van der Waals surface area contributed by atoms with Crippen LogP contribution in [0, 0.1) is 5.92 Å². The van der Waals surface area contributed by atoms with Gasteiger partial charge in [0.25, 0.3) is 0 Å². The number of carbonyl (C=O) groups excluding carboxylic acids is 5. The number of fused-ring (bicyclic) bond motifs is 1. The van der Waals surface area contributed by atoms with Gasteiger partial charge in [-0.15, -0.1) is 0 Å². The number of likely N-dealkylation sites (N-methyl/N-ethyl adjacent to an activating group) is 1. The lowest BCUT2D eigenvalue weighted by atomic mass is 10.0. The van der Waals surface area contributed by atoms with Crippen molar-refractivity contribution in [3.8, 4) is 0 Å². The molecule has 2 rings (SSSR count). The molecule has 0 saturated heterocycles. The molecule has 15 nitrogen and oxygen atoms in total. The van der Waals surface area contributed by atoms with Crippen molar-refractivity contribution in [3.63, 3.8) is 0 Å². The Morgan fingerprint density at radius 1 is 0.792 bits per heavy atom. The Bertz CT molecular complexity index is 1360. The van der Waals surface area contributed by atoms with E-state index < -0.39 is 78.4 Å². The van der Waals surface area contributed by atoms with Crippen molar-refractivity contribution >= 4 is 40.4 Å². The number of para-hydroxylation sites is 1. The first-order valence-corrected chi connectivity index (χ1v) is 16.5. The molecule has 5 amide bonds. The molecule has 48 heavy (non-hydrogen) atoms. The number of amides is 5. The second-order valence-electron chi connectivity index (χ2n) is 12.6. The molecule has 268 valence electrons. The fourth-order valence-corrected chi connectivity index (χ4v) is 5.25. The highest BCUT2D eigenvalue weighted by Gasteiger charge is 2.35. The second-order valence-corrected chi connectivity index (χ2v) is 12.6. The van der Waals surface area contributed by atoms with Crippen LogP contribution >= 0.6 is 0 Å². The number of aromatic amines is 1. The molecule has 15 heteroatoms. The molecule has 0 bridgehead atoms. The normalized spacial score (nSPS) is 15.2. The molecule has 0 saturated carbocycles. The predicted molar refractivity (Wildman–Crippen MR) is 182 cm³/mol. The molecule has 0 aliphatic carbocycles. The van der Waals surface area contributed by atoms with E-state index in [9.17, 15) is 34.2 Å². The number of aromatic nitrogens is 1. The van der Waals surface area contributed by atoms with E-state index in [2.05, 4.69) is 36.9 Å². The van der Waals surface area contributed by atoms with Gasteiger partial charge < -0.3 is 52.8 Å². The molecule has 1 aromatic carbocycles. The number of aliphatic hydroxyl groups is 2. The van der Waals surface area contributed by atoms with Crippen LogP contribution < -0.4 is 37.6 Å². The quantitative estimate of drug-likeness (QED) is 0.0768. The SMILES string of the molecule is CNC(=O)[C@H](Cc1c[nH]c2ccccc12)NC(=O)[C@@H](NC(=O)[C@@H](NC(=O)[C@H](CO)NC(=O)[C@H](CCCCN)NC(C)C)C(C)C)[C@@H](C)O. The van der Waals surface area contributed by atoms with Gasteiger partial charge in [-0.2, -0.15) is 0 Å². The zero-order chi connectivity index (χ0) is 36.0. The lowest BCUT2D eigenvalue weighted by molar-refractivity contribution is -0.137. The van der Waals surface area contributed by atoms with Crippen LogP contribution in [-0.4, -0.2) is 107 Å². The number of hydrogen-bond donors (Lipinski definition) is 10. The maximum absolute atomic E-state index is 13.5. The average Bonchev–Trinajstić information content (AvgIpc) is 3.45. The Kier molecular flexibility index (Phi) is 16.5. The third kappa shape index (κ3) is 11.9. The predicted octanol–water partition coefficient (Wildman–Crippen LogP) is -1.08. The minimum absolute atomic E-state index is 0.0201. The van der Waals surface area contributed by atoms with Gasteiger partial charge in [-0.25, -0.2) is 0 Å². The monoisotopic (exact) mass is 674 g/mol. The van der Waals surface area contributed by atoms with Gasteiger partial charge in [0, 0.05) is 36.6 Å². The van der Waals surface area contributed by atoms with Crippen LogP contribution in [0.4, 0.5) is 0 Å². The summed E-state index contributed by atoms with van der Waals surface area (Å²) in [6, 6.07) is 1.80. The maximum atomic E-state index is 13.5. The van der Waals surface area contributed by atoms with Crippen molar-refractivity contribution in [2.75, 3.05) is 20.2 Å². The molecule has 0 radical (unpaired) electrons. The van der Waals surface area contributed by atoms with Crippen molar-refractivity contribution in [1.29, 1.82) is 0 Å². The molecule has 6 atom stereocenters. The van der Waals surface area contributed by atoms with Gasteiger partial charge in [0.2, 0.25) is 29.5 Å². The van der Waals surface area contributed by atoms with E-state index >= 15 is 0 Å². The zero-order valence-electron chi connectivity index (χ0n) is 28.8. The minimum Gasteiger partial charge on any atom is -0.394 e. The van der Waals surface area contributed by atoms with Crippen LogP contribution in [0.25, 0.3) is 10.9 Å². The molecule has 1 heterocycles. The Labute approximate surface area is 281 Å². The van der Waals surface area contributed by atoms with Gasteiger partial charge in [0.15, 0.2) is 0 Å². The fourth-order valence-electron chi connectivity index (χ4n) is 5.25. The lowest BCUT2D eigenvalue weighted by Crippen LogP contribution is -2.62. The highest BCUT2D eigenvalue weighted by Crippen LogP contribution is 2.19. The summed E-state index contributed by atoms with van der Waals surface area (Å²) in [7, 11) is 1.44. The number of rotatable bonds is 20. The average molecular weight is 675 g/mol. The number of H-pyrrole nitrogens is 1. The van der Waals surface area contributed by atoms with Crippen LogP contribution in [0.15, 0.2) is 30.5 Å². The van der Waals surface area contributed by atoms with E-state index in [0.29, 0.717) is 19.4 Å². The van der Waals surface area contributed by atoms with Crippen LogP contribution in [0.5, 0.6) is 0 Å². The Hall–Kier alpha value is -4.05. The molecule has 0 fully saturated rings. The van der Waals surface area contributed by atoms with E-state index in [-0.39, 0.29) is 12.5 Å². The Balaban J connectivity index is 2.15. The standard InChI is InChI=1S/C33H54N8O7/c1-18(2)27(40-31(46)26(17-42)39-30(45)24(37-19(3)4)13-9-10-14-34)32(47)41-28(20(5)43)33(48)38-25(29(44)35-6)15-21-16-36-23-12-8-7-11-22(21)23/h7-8,11-12,16,18-20,24-28,36-37,42-43H,9-10,13-15,17,34H2,1-6H3,(H,35,44)(H,38,48)(H,39,45)(H,40,46)(H,41,47)/t20-,24+,25+,26+,27+,28+/m1/s1. The van der Waals surface area contributed by atoms with E-state index in [4.69, 9.17) is 5.73 Å². The van der Waals surface area contributed by atoms with Crippen LogP contribution in [0.3, 0.4) is 0 Å². The smallest absolute Gasteiger partial charge is 0.245 e. The minimum atomic E-state index is -1.48. The van der Waals surface area contributed by atoms with Crippen molar-refractivity contribution in [1.82, 2.24) is 36.9 Å². The molecule has 2 aromatic rings. The van der Waals surface area contributed by atoms with Crippen molar-refractivity contribution < 1.29 is 34.2 Å². The summed E-state index contributed by atoms with van der Waals surface area (Å²) in [6.07, 6.45) is 2.40. The van der Waals surface area contributed by atoms with Crippen LogP contribution in [0.1, 0.15) is 59.4 Å². The Morgan fingerprint density at radius 3 is 1.98 bits per heavy atom. The molecule has 0 unspecified atom stereocenters. The third-order valence-corrected chi connectivity index (χ3v) is 7.90. The van der Waals surface area contributed by atoms with E-state index in [0.717, 1.165) is 22.9 Å². The number of carbonyl (C=O) groups is 5. The van der Waals surface area contributed by atoms with Gasteiger partial charge >= 0.3 is 0 Å². The second kappa shape index (κ2) is 19.7. The van der Waals surface area contributed by atoms with Crippen molar-refractivity contribution in [2.45, 2.75) is 103 Å². The topological polar surface area (TPSA) is 240 Å². The number of hydrogen-bond acceptors (Lipinski definition) is 9. The summed E-state index contributed by atoms with van der Waals surface area (Å²) in [4.78, 5) is 69.0. The van der Waals surface area contributed by atoms with Crippen molar-refractivity contribution in [3.05, 3.63) is 36.0 Å². The summed E-state index contributed by atoms with van der Waals surface area (Å²) in [6.45, 7) is 8.16. The number of nitrogens with one attached hydrogen (secondary N) is 7. The van der Waals surface area contributed by atoms with Gasteiger partial charge in [-0.05, 0) is 43.9 Å². The van der Waals surface area contributed by atoms with Gasteiger partial charge in [0.1, 0.15) is 24.2 Å². The number of aliphatic hydroxyl groups excluding tert-OH is 2. The first kappa shape index (κ1) is 40.1. The largest absolute Gasteiger partial charge is 0.394 e. The maximum Gasteiger partial charge on any atom is 0.245 e. The fraction of sp³-hybridized carbons (Fsp3) is 0.606. The summed E-state index contributed by atoms with van der Waals surface area (Å²) in [5, 5.41) is 37.3. The van der Waals surface area contributed by atoms with Crippen LogP contribution in [0.2, 0.25) is 0 Å².